The smallest absolute Gasteiger partial charge is 0.280 e. The van der Waals surface area contributed by atoms with Crippen LogP contribution in [0.15, 0.2) is 30.3 Å². The van der Waals surface area contributed by atoms with Crippen LogP contribution in [0.25, 0.3) is 5.65 Å². The maximum absolute atomic E-state index is 13.7. The third kappa shape index (κ3) is 2.85. The summed E-state index contributed by atoms with van der Waals surface area (Å²) in [6.07, 6.45) is 0. The van der Waals surface area contributed by atoms with E-state index in [-0.39, 0.29) is 18.0 Å². The fourth-order valence-corrected chi connectivity index (χ4v) is 4.53. The fraction of sp³-hybridized carbons (Fsp3) is 0.318. The van der Waals surface area contributed by atoms with Crippen LogP contribution in [0, 0.1) is 20.8 Å². The minimum Gasteiger partial charge on any atom is -0.327 e. The lowest BCUT2D eigenvalue weighted by Crippen LogP contribution is -2.31. The van der Waals surface area contributed by atoms with Gasteiger partial charge in [0, 0.05) is 11.1 Å². The van der Waals surface area contributed by atoms with Gasteiger partial charge in [-0.2, -0.15) is 4.52 Å². The molecule has 0 N–H and O–H groups in total. The lowest BCUT2D eigenvalue weighted by molar-refractivity contribution is 0.0988. The normalized spacial score (nSPS) is 16.0. The van der Waals surface area contributed by atoms with E-state index in [0.717, 1.165) is 22.6 Å². The molecule has 8 nitrogen and oxygen atoms in total. The van der Waals surface area contributed by atoms with E-state index in [4.69, 9.17) is 16.7 Å². The molecule has 0 saturated carbocycles. The number of anilines is 1. The number of nitrogens with zero attached hydrogens (tertiary/aromatic N) is 7. The molecule has 0 spiro atoms. The highest BCUT2D eigenvalue weighted by molar-refractivity contribution is 6.30. The Morgan fingerprint density at radius 3 is 2.42 bits per heavy atom. The summed E-state index contributed by atoms with van der Waals surface area (Å²) in [5, 5.41) is 13.7. The van der Waals surface area contributed by atoms with Crippen LogP contribution in [0.1, 0.15) is 64.9 Å². The lowest BCUT2D eigenvalue weighted by Gasteiger charge is -2.27. The average molecular weight is 436 g/mol. The highest BCUT2D eigenvalue weighted by atomic mass is 35.5. The second-order valence-electron chi connectivity index (χ2n) is 8.15. The summed E-state index contributed by atoms with van der Waals surface area (Å²) in [5.41, 5.74) is 3.85. The Labute approximate surface area is 184 Å². The molecule has 1 amide bonds. The third-order valence-electron chi connectivity index (χ3n) is 5.71. The number of aromatic nitrogens is 6. The highest BCUT2D eigenvalue weighted by Gasteiger charge is 2.44. The van der Waals surface area contributed by atoms with Crippen LogP contribution >= 0.6 is 11.6 Å². The summed E-state index contributed by atoms with van der Waals surface area (Å²) in [5.74, 6) is 1.84. The number of hydrogen-bond donors (Lipinski definition) is 0. The Kier molecular flexibility index (Phi) is 4.37. The zero-order chi connectivity index (χ0) is 22.0. The zero-order valence-corrected chi connectivity index (χ0v) is 18.7. The zero-order valence-electron chi connectivity index (χ0n) is 18.0. The monoisotopic (exact) mass is 435 g/mol. The van der Waals surface area contributed by atoms with Crippen molar-refractivity contribution in [3.63, 3.8) is 0 Å². The van der Waals surface area contributed by atoms with Crippen LogP contribution in [0.2, 0.25) is 5.02 Å². The quantitative estimate of drug-likeness (QED) is 0.481. The van der Waals surface area contributed by atoms with E-state index in [9.17, 15) is 4.79 Å². The Balaban J connectivity index is 1.77. The van der Waals surface area contributed by atoms with Crippen LogP contribution in [0.3, 0.4) is 0 Å². The molecule has 1 atom stereocenters. The Hall–Kier alpha value is -3.26. The standard InChI is InChI=1S/C22H22ClN7O/c1-11(2)28-13(4)24-18-20(28)19(15-6-8-16(23)9-7-15)29(22(18)31)17-10-12(3)21-26-25-14(5)30(21)27-17/h6-11,19H,1-5H3/t19-/m0/s1. The van der Waals surface area contributed by atoms with Gasteiger partial charge in [-0.3, -0.25) is 9.69 Å². The van der Waals surface area contributed by atoms with Gasteiger partial charge in [-0.05, 0) is 63.9 Å². The molecule has 31 heavy (non-hydrogen) atoms. The molecule has 5 rings (SSSR count). The van der Waals surface area contributed by atoms with Gasteiger partial charge in [-0.1, -0.05) is 23.7 Å². The van der Waals surface area contributed by atoms with Crippen LogP contribution in [-0.4, -0.2) is 35.3 Å². The van der Waals surface area contributed by atoms with Gasteiger partial charge >= 0.3 is 0 Å². The van der Waals surface area contributed by atoms with Gasteiger partial charge in [0.1, 0.15) is 11.9 Å². The molecular weight excluding hydrogens is 414 g/mol. The van der Waals surface area contributed by atoms with E-state index in [1.807, 2.05) is 51.1 Å². The van der Waals surface area contributed by atoms with E-state index in [1.165, 1.54) is 0 Å². The first kappa shape index (κ1) is 19.7. The molecule has 3 aromatic heterocycles. The van der Waals surface area contributed by atoms with E-state index >= 15 is 0 Å². The molecule has 4 aromatic rings. The molecule has 4 heterocycles. The van der Waals surface area contributed by atoms with Crippen molar-refractivity contribution in [2.45, 2.75) is 46.7 Å². The van der Waals surface area contributed by atoms with Crippen LogP contribution in [-0.2, 0) is 0 Å². The molecule has 0 aliphatic carbocycles. The van der Waals surface area contributed by atoms with Crippen LogP contribution in [0.5, 0.6) is 0 Å². The molecule has 0 radical (unpaired) electrons. The summed E-state index contributed by atoms with van der Waals surface area (Å²) >= 11 is 6.15. The van der Waals surface area contributed by atoms with Gasteiger partial charge < -0.3 is 4.57 Å². The first-order chi connectivity index (χ1) is 14.8. The fourth-order valence-electron chi connectivity index (χ4n) is 4.40. The summed E-state index contributed by atoms with van der Waals surface area (Å²) in [6, 6.07) is 9.23. The van der Waals surface area contributed by atoms with Gasteiger partial charge in [0.25, 0.3) is 5.91 Å². The van der Waals surface area contributed by atoms with E-state index in [1.54, 1.807) is 9.42 Å². The molecule has 1 aliphatic rings. The Morgan fingerprint density at radius 1 is 1.03 bits per heavy atom. The number of fused-ring (bicyclic) bond motifs is 2. The lowest BCUT2D eigenvalue weighted by atomic mass is 10.0. The number of halogens is 1. The van der Waals surface area contributed by atoms with E-state index in [2.05, 4.69) is 33.6 Å². The number of amides is 1. The second kappa shape index (κ2) is 6.88. The first-order valence-electron chi connectivity index (χ1n) is 10.1. The van der Waals surface area contributed by atoms with Gasteiger partial charge in [0.05, 0.1) is 5.69 Å². The maximum atomic E-state index is 13.7. The number of carbonyl (C=O) groups is 1. The summed E-state index contributed by atoms with van der Waals surface area (Å²) < 4.78 is 3.80. The van der Waals surface area contributed by atoms with Gasteiger partial charge in [-0.15, -0.1) is 15.3 Å². The highest BCUT2D eigenvalue weighted by Crippen LogP contribution is 2.42. The van der Waals surface area contributed by atoms with Gasteiger partial charge in [-0.25, -0.2) is 4.98 Å². The summed E-state index contributed by atoms with van der Waals surface area (Å²) in [7, 11) is 0. The van der Waals surface area contributed by atoms with Crippen molar-refractivity contribution in [2.75, 3.05) is 4.90 Å². The van der Waals surface area contributed by atoms with Crippen molar-refractivity contribution in [3.05, 3.63) is 69.5 Å². The molecular formula is C22H22ClN7O. The van der Waals surface area contributed by atoms with Crippen molar-refractivity contribution >= 4 is 29.0 Å². The minimum atomic E-state index is -0.371. The van der Waals surface area contributed by atoms with Crippen molar-refractivity contribution in [2.24, 2.45) is 0 Å². The summed E-state index contributed by atoms with van der Waals surface area (Å²) in [4.78, 5) is 20.0. The predicted octanol–water partition coefficient (Wildman–Crippen LogP) is 4.23. The topological polar surface area (TPSA) is 81.2 Å². The number of benzene rings is 1. The van der Waals surface area contributed by atoms with E-state index in [0.29, 0.717) is 28.0 Å². The molecule has 1 aliphatic heterocycles. The molecule has 1 aromatic carbocycles. The summed E-state index contributed by atoms with van der Waals surface area (Å²) in [6.45, 7) is 9.90. The maximum Gasteiger partial charge on any atom is 0.280 e. The number of imidazole rings is 1. The molecule has 158 valence electrons. The average Bonchev–Trinajstić information content (AvgIpc) is 3.34. The third-order valence-corrected chi connectivity index (χ3v) is 5.96. The molecule has 0 bridgehead atoms. The predicted molar refractivity (Wildman–Crippen MR) is 118 cm³/mol. The minimum absolute atomic E-state index is 0.149. The molecule has 0 saturated heterocycles. The van der Waals surface area contributed by atoms with Crippen LogP contribution in [0.4, 0.5) is 5.82 Å². The molecule has 0 unspecified atom stereocenters. The second-order valence-corrected chi connectivity index (χ2v) is 8.59. The largest absolute Gasteiger partial charge is 0.327 e. The van der Waals surface area contributed by atoms with Gasteiger partial charge in [0.2, 0.25) is 0 Å². The first-order valence-corrected chi connectivity index (χ1v) is 10.5. The van der Waals surface area contributed by atoms with Crippen molar-refractivity contribution in [3.8, 4) is 0 Å². The van der Waals surface area contributed by atoms with Crippen molar-refractivity contribution in [1.82, 2.24) is 29.4 Å². The Morgan fingerprint density at radius 2 is 1.74 bits per heavy atom. The number of rotatable bonds is 3. The van der Waals surface area contributed by atoms with Crippen molar-refractivity contribution < 1.29 is 4.79 Å². The number of carbonyl (C=O) groups excluding carboxylic acids is 1. The number of hydrogen-bond acceptors (Lipinski definition) is 5. The SMILES string of the molecule is Cc1cc(N2C(=O)c3nc(C)n(C(C)C)c3[C@@H]2c2ccc(Cl)cc2)nn2c(C)nnc12. The van der Waals surface area contributed by atoms with Crippen molar-refractivity contribution in [1.29, 1.82) is 0 Å². The Bertz CT molecular complexity index is 1340. The number of aryl methyl sites for hydroxylation is 3. The van der Waals surface area contributed by atoms with Gasteiger partial charge in [0.15, 0.2) is 23.0 Å². The molecule has 0 fully saturated rings. The van der Waals surface area contributed by atoms with Crippen LogP contribution < -0.4 is 4.90 Å². The van der Waals surface area contributed by atoms with E-state index < -0.39 is 0 Å². The molecule has 9 heteroatoms.